The van der Waals surface area contributed by atoms with Crippen molar-refractivity contribution in [3.63, 3.8) is 0 Å². The predicted molar refractivity (Wildman–Crippen MR) is 99.9 cm³/mol. The van der Waals surface area contributed by atoms with E-state index >= 15 is 0 Å². The molecule has 26 heavy (non-hydrogen) atoms. The van der Waals surface area contributed by atoms with Crippen LogP contribution in [0.25, 0.3) is 0 Å². The first kappa shape index (κ1) is 23.3. The summed E-state index contributed by atoms with van der Waals surface area (Å²) in [5, 5.41) is 0. The predicted octanol–water partition coefficient (Wildman–Crippen LogP) is 7.67. The fourth-order valence-corrected chi connectivity index (χ4v) is 5.73. The molecule has 0 N–H and O–H groups in total. The van der Waals surface area contributed by atoms with Crippen molar-refractivity contribution in [3.05, 3.63) is 42.4 Å². The van der Waals surface area contributed by atoms with Gasteiger partial charge >= 0.3 is 145 Å². The second kappa shape index (κ2) is 7.35. The third kappa shape index (κ3) is 4.39. The van der Waals surface area contributed by atoms with E-state index in [9.17, 15) is 17.3 Å². The molecule has 0 aliphatic heterocycles. The van der Waals surface area contributed by atoms with Crippen molar-refractivity contribution >= 4 is 7.25 Å². The standard InChI is InChI=1S/2C10H15.BF4.Fe/c2*1-7-6-10(4,5)9(3)8(7)2;2-1(3,4)5;/h2*1-5H3;;/q;;-1;+1. The first-order chi connectivity index (χ1) is 11.4. The monoisotopic (exact) mass is 413 g/mol. The van der Waals surface area contributed by atoms with Gasteiger partial charge in [0, 0.05) is 0 Å². The maximum absolute atomic E-state index is 9.75. The Morgan fingerprint density at radius 3 is 0.962 bits per heavy atom. The van der Waals surface area contributed by atoms with Crippen molar-refractivity contribution in [2.75, 3.05) is 0 Å². The van der Waals surface area contributed by atoms with E-state index in [0.29, 0.717) is 0 Å². The van der Waals surface area contributed by atoms with Gasteiger partial charge in [-0.05, 0) is 0 Å². The normalized spacial score (nSPS) is 22.4. The Hall–Kier alpha value is -0.736. The fraction of sp³-hybridized carbons (Fsp3) is 0.600. The van der Waals surface area contributed by atoms with E-state index in [4.69, 9.17) is 0 Å². The Kier molecular flexibility index (Phi) is 6.59. The first-order valence-corrected chi connectivity index (χ1v) is 9.83. The van der Waals surface area contributed by atoms with Gasteiger partial charge in [0.15, 0.2) is 0 Å². The molecule has 2 aliphatic rings. The van der Waals surface area contributed by atoms with Crippen molar-refractivity contribution in [3.8, 4) is 0 Å². The molecule has 0 nitrogen and oxygen atoms in total. The molecule has 149 valence electrons. The zero-order chi connectivity index (χ0) is 20.8. The number of halogens is 4. The van der Waals surface area contributed by atoms with E-state index in [2.05, 4.69) is 69.2 Å². The summed E-state index contributed by atoms with van der Waals surface area (Å²) in [6.45, 7) is 23.4. The van der Waals surface area contributed by atoms with Crippen LogP contribution in [0.4, 0.5) is 17.3 Å². The molecule has 0 aromatic rings. The minimum absolute atomic E-state index is 0.210. The van der Waals surface area contributed by atoms with Gasteiger partial charge in [0.2, 0.25) is 0 Å². The SMILES string of the molecule is CC1=C(C)C(C)(C)[C]([Fe+][C]2=C(C)C(C)=C(C)C2(C)C)=C1C.F[B-](F)(F)F. The molecule has 0 saturated carbocycles. The number of allylic oxidation sites excluding steroid dienone is 8. The molecule has 6 heteroatoms. The summed E-state index contributed by atoms with van der Waals surface area (Å²) in [7, 11) is -6.00. The molecule has 2 rings (SSSR count). The Labute approximate surface area is 162 Å². The molecule has 0 heterocycles. The van der Waals surface area contributed by atoms with Crippen molar-refractivity contribution in [1.82, 2.24) is 0 Å². The van der Waals surface area contributed by atoms with Crippen LogP contribution in [0.1, 0.15) is 69.2 Å². The average molecular weight is 413 g/mol. The Bertz CT molecular complexity index is 669. The largest absolute Gasteiger partial charge is 0.673 e. The van der Waals surface area contributed by atoms with Crippen molar-refractivity contribution in [2.24, 2.45) is 10.8 Å². The van der Waals surface area contributed by atoms with Gasteiger partial charge in [-0.1, -0.05) is 0 Å². The molecule has 0 atom stereocenters. The van der Waals surface area contributed by atoms with Gasteiger partial charge in [-0.3, -0.25) is 0 Å². The van der Waals surface area contributed by atoms with E-state index in [-0.39, 0.29) is 10.8 Å². The molecule has 0 unspecified atom stereocenters. The van der Waals surface area contributed by atoms with Crippen molar-refractivity contribution in [2.45, 2.75) is 69.2 Å². The van der Waals surface area contributed by atoms with Gasteiger partial charge in [0.25, 0.3) is 0 Å². The fourth-order valence-electron chi connectivity index (χ4n) is 3.52. The molecule has 0 radical (unpaired) electrons. The van der Waals surface area contributed by atoms with Gasteiger partial charge in [-0.25, -0.2) is 0 Å². The minimum Gasteiger partial charge on any atom is -0.418 e. The van der Waals surface area contributed by atoms with E-state index in [1.807, 2.05) is 0 Å². The van der Waals surface area contributed by atoms with Crippen LogP contribution in [0.5, 0.6) is 0 Å². The minimum atomic E-state index is -6.00. The van der Waals surface area contributed by atoms with E-state index in [0.717, 1.165) is 15.0 Å². The Balaban J connectivity index is 0.000000597. The molecule has 0 aromatic heterocycles. The molecule has 0 fully saturated rings. The zero-order valence-corrected chi connectivity index (χ0v) is 18.5. The van der Waals surface area contributed by atoms with Crippen LogP contribution < -0.4 is 0 Å². The van der Waals surface area contributed by atoms with Gasteiger partial charge < -0.3 is 17.3 Å². The Morgan fingerprint density at radius 2 is 0.808 bits per heavy atom. The Morgan fingerprint density at radius 1 is 0.577 bits per heavy atom. The van der Waals surface area contributed by atoms with Gasteiger partial charge in [-0.15, -0.1) is 0 Å². The second-order valence-electron chi connectivity index (χ2n) is 8.19. The topological polar surface area (TPSA) is 0 Å². The van der Waals surface area contributed by atoms with Crippen LogP contribution in [-0.4, -0.2) is 7.25 Å². The third-order valence-corrected chi connectivity index (χ3v) is 8.77. The van der Waals surface area contributed by atoms with Crippen LogP contribution in [-0.2, 0) is 15.0 Å². The summed E-state index contributed by atoms with van der Waals surface area (Å²) < 4.78 is 42.3. The molecule has 0 aromatic carbocycles. The maximum Gasteiger partial charge on any atom is 0.673 e. The summed E-state index contributed by atoms with van der Waals surface area (Å²) in [4.78, 5) is 0. The molecular weight excluding hydrogens is 383 g/mol. The van der Waals surface area contributed by atoms with Gasteiger partial charge in [0.05, 0.1) is 0 Å². The number of hydrogen-bond acceptors (Lipinski definition) is 0. The van der Waals surface area contributed by atoms with Crippen LogP contribution in [0.2, 0.25) is 0 Å². The van der Waals surface area contributed by atoms with Crippen LogP contribution >= 0.6 is 0 Å². The molecular formula is C20H30BF4Fe. The maximum atomic E-state index is 9.75. The molecule has 2 aliphatic carbocycles. The third-order valence-electron chi connectivity index (χ3n) is 6.01. The molecule has 0 bridgehead atoms. The summed E-state index contributed by atoms with van der Waals surface area (Å²) in [5.41, 5.74) is 9.57. The van der Waals surface area contributed by atoms with Crippen molar-refractivity contribution in [1.29, 1.82) is 0 Å². The molecule has 0 saturated heterocycles. The first-order valence-electron chi connectivity index (χ1n) is 8.73. The molecule has 0 spiro atoms. The smallest absolute Gasteiger partial charge is 0.418 e. The molecule has 0 amide bonds. The number of hydrogen-bond donors (Lipinski definition) is 0. The quantitative estimate of drug-likeness (QED) is 0.322. The van der Waals surface area contributed by atoms with Crippen LogP contribution in [0.15, 0.2) is 42.4 Å². The summed E-state index contributed by atoms with van der Waals surface area (Å²) in [6, 6.07) is 0. The number of rotatable bonds is 2. The average Bonchev–Trinajstić information content (AvgIpc) is 2.70. The van der Waals surface area contributed by atoms with Crippen LogP contribution in [0, 0.1) is 10.8 Å². The van der Waals surface area contributed by atoms with E-state index < -0.39 is 7.25 Å². The van der Waals surface area contributed by atoms with E-state index in [1.54, 1.807) is 20.1 Å². The summed E-state index contributed by atoms with van der Waals surface area (Å²) in [6.07, 6.45) is 0. The van der Waals surface area contributed by atoms with Crippen LogP contribution in [0.3, 0.4) is 0 Å². The summed E-state index contributed by atoms with van der Waals surface area (Å²) >= 11 is 1.13. The zero-order valence-electron chi connectivity index (χ0n) is 17.4. The summed E-state index contributed by atoms with van der Waals surface area (Å²) in [5.74, 6) is 0. The van der Waals surface area contributed by atoms with E-state index in [1.165, 1.54) is 22.3 Å². The second-order valence-corrected chi connectivity index (χ2v) is 9.57. The van der Waals surface area contributed by atoms with Gasteiger partial charge in [0.1, 0.15) is 0 Å². The van der Waals surface area contributed by atoms with Gasteiger partial charge in [-0.2, -0.15) is 0 Å². The van der Waals surface area contributed by atoms with Crippen molar-refractivity contribution < 1.29 is 32.2 Å².